The van der Waals surface area contributed by atoms with E-state index < -0.39 is 6.04 Å². The Balaban J connectivity index is 1.22. The van der Waals surface area contributed by atoms with Gasteiger partial charge in [0.2, 0.25) is 11.8 Å². The third-order valence-electron chi connectivity index (χ3n) is 7.02. The highest BCUT2D eigenvalue weighted by Gasteiger charge is 2.44. The van der Waals surface area contributed by atoms with E-state index in [1.807, 2.05) is 12.1 Å². The van der Waals surface area contributed by atoms with Gasteiger partial charge in [-0.2, -0.15) is 5.26 Å². The van der Waals surface area contributed by atoms with Crippen molar-refractivity contribution < 1.29 is 14.4 Å². The number of nitriles is 1. The quantitative estimate of drug-likeness (QED) is 0.626. The van der Waals surface area contributed by atoms with Crippen LogP contribution in [0.3, 0.4) is 0 Å². The molecule has 9 heteroatoms. The maximum Gasteiger partial charge on any atom is 0.255 e. The van der Waals surface area contributed by atoms with Crippen molar-refractivity contribution in [1.82, 2.24) is 25.3 Å². The third kappa shape index (κ3) is 3.51. The Labute approximate surface area is 181 Å². The van der Waals surface area contributed by atoms with Gasteiger partial charge in [-0.05, 0) is 23.6 Å². The van der Waals surface area contributed by atoms with Crippen molar-refractivity contribution in [2.24, 2.45) is 0 Å². The summed E-state index contributed by atoms with van der Waals surface area (Å²) in [7, 11) is 0. The molecule has 31 heavy (non-hydrogen) atoms. The number of amides is 3. The molecule has 0 aromatic heterocycles. The molecule has 3 fully saturated rings. The standard InChI is InChI=1S/C22H26N6O3/c23-12-22(13-24-14-22)27-7-5-26(6-8-27)10-15-1-2-16-11-28(21(31)17(16)9-15)18-3-4-19(29)25-20(18)30/h1-2,9,18,24H,3-8,10-11,13-14H2,(H,25,29,30). The molecule has 0 aliphatic carbocycles. The van der Waals surface area contributed by atoms with Gasteiger partial charge in [0.15, 0.2) is 0 Å². The molecule has 2 N–H and O–H groups in total. The molecule has 1 unspecified atom stereocenters. The van der Waals surface area contributed by atoms with E-state index in [9.17, 15) is 19.6 Å². The minimum Gasteiger partial charge on any atom is -0.322 e. The minimum atomic E-state index is -0.581. The monoisotopic (exact) mass is 422 g/mol. The highest BCUT2D eigenvalue weighted by molar-refractivity contribution is 6.05. The van der Waals surface area contributed by atoms with Crippen LogP contribution in [0.2, 0.25) is 0 Å². The number of piperazine rings is 1. The van der Waals surface area contributed by atoms with Crippen LogP contribution in [0.5, 0.6) is 0 Å². The van der Waals surface area contributed by atoms with E-state index in [1.165, 1.54) is 0 Å². The van der Waals surface area contributed by atoms with Crippen molar-refractivity contribution in [3.05, 3.63) is 34.9 Å². The zero-order chi connectivity index (χ0) is 21.6. The average Bonchev–Trinajstić information content (AvgIpc) is 3.05. The van der Waals surface area contributed by atoms with Crippen molar-refractivity contribution in [2.45, 2.75) is 37.5 Å². The smallest absolute Gasteiger partial charge is 0.255 e. The summed E-state index contributed by atoms with van der Waals surface area (Å²) in [4.78, 5) is 42.8. The Morgan fingerprint density at radius 1 is 1.13 bits per heavy atom. The number of hydrogen-bond acceptors (Lipinski definition) is 7. The first-order chi connectivity index (χ1) is 15.0. The van der Waals surface area contributed by atoms with Crippen LogP contribution in [0.1, 0.15) is 34.3 Å². The Bertz CT molecular complexity index is 974. The lowest BCUT2D eigenvalue weighted by atomic mass is 9.91. The van der Waals surface area contributed by atoms with Crippen LogP contribution >= 0.6 is 0 Å². The molecule has 3 amide bonds. The van der Waals surface area contributed by atoms with Gasteiger partial charge < -0.3 is 10.2 Å². The molecule has 4 heterocycles. The van der Waals surface area contributed by atoms with Crippen LogP contribution in [-0.4, -0.2) is 83.3 Å². The lowest BCUT2D eigenvalue weighted by Gasteiger charge is -2.48. The van der Waals surface area contributed by atoms with Crippen LogP contribution < -0.4 is 10.6 Å². The second-order valence-electron chi connectivity index (χ2n) is 8.90. The van der Waals surface area contributed by atoms with E-state index in [2.05, 4.69) is 32.6 Å². The predicted octanol–water partition coefficient (Wildman–Crippen LogP) is -0.569. The Morgan fingerprint density at radius 2 is 1.90 bits per heavy atom. The summed E-state index contributed by atoms with van der Waals surface area (Å²) in [5.41, 5.74) is 2.32. The maximum atomic E-state index is 13.0. The van der Waals surface area contributed by atoms with Gasteiger partial charge in [0, 0.05) is 64.3 Å². The Kier molecular flexibility index (Phi) is 5.01. The molecule has 5 rings (SSSR count). The Hall–Kier alpha value is -2.80. The zero-order valence-electron chi connectivity index (χ0n) is 17.4. The number of imide groups is 1. The maximum absolute atomic E-state index is 13.0. The van der Waals surface area contributed by atoms with Gasteiger partial charge in [-0.3, -0.25) is 29.5 Å². The molecule has 1 aromatic rings. The molecular formula is C22H26N6O3. The molecule has 4 aliphatic rings. The first kappa shape index (κ1) is 20.1. The van der Waals surface area contributed by atoms with Crippen LogP contribution in [0.25, 0.3) is 0 Å². The molecule has 9 nitrogen and oxygen atoms in total. The molecule has 0 spiro atoms. The van der Waals surface area contributed by atoms with Crippen molar-refractivity contribution in [1.29, 1.82) is 5.26 Å². The first-order valence-corrected chi connectivity index (χ1v) is 10.8. The summed E-state index contributed by atoms with van der Waals surface area (Å²) >= 11 is 0. The van der Waals surface area contributed by atoms with Crippen molar-refractivity contribution in [2.75, 3.05) is 39.3 Å². The fourth-order valence-corrected chi connectivity index (χ4v) is 5.03. The van der Waals surface area contributed by atoms with Gasteiger partial charge in [-0.1, -0.05) is 12.1 Å². The number of rotatable bonds is 4. The van der Waals surface area contributed by atoms with Crippen molar-refractivity contribution >= 4 is 17.7 Å². The van der Waals surface area contributed by atoms with E-state index in [1.54, 1.807) is 4.90 Å². The highest BCUT2D eigenvalue weighted by atomic mass is 16.2. The molecule has 0 radical (unpaired) electrons. The molecular weight excluding hydrogens is 396 g/mol. The number of benzene rings is 1. The summed E-state index contributed by atoms with van der Waals surface area (Å²) in [6.07, 6.45) is 0.637. The van der Waals surface area contributed by atoms with Crippen LogP contribution in [0.15, 0.2) is 18.2 Å². The van der Waals surface area contributed by atoms with E-state index >= 15 is 0 Å². The average molecular weight is 422 g/mol. The number of nitrogens with zero attached hydrogens (tertiary/aromatic N) is 4. The number of piperidine rings is 1. The number of fused-ring (bicyclic) bond motifs is 1. The van der Waals surface area contributed by atoms with Crippen molar-refractivity contribution in [3.8, 4) is 6.07 Å². The number of hydrogen-bond donors (Lipinski definition) is 2. The van der Waals surface area contributed by atoms with Crippen LogP contribution in [-0.2, 0) is 22.7 Å². The SMILES string of the molecule is N#CC1(N2CCN(Cc3ccc4c(c3)C(=O)N(C3CCC(=O)NC3=O)C4)CC2)CNC1. The summed E-state index contributed by atoms with van der Waals surface area (Å²) in [6, 6.07) is 7.88. The zero-order valence-corrected chi connectivity index (χ0v) is 17.4. The van der Waals surface area contributed by atoms with Gasteiger partial charge >= 0.3 is 0 Å². The second kappa shape index (κ2) is 7.71. The fraction of sp³-hybridized carbons (Fsp3) is 0.545. The van der Waals surface area contributed by atoms with E-state index in [0.29, 0.717) is 18.5 Å². The fourth-order valence-electron chi connectivity index (χ4n) is 5.03. The summed E-state index contributed by atoms with van der Waals surface area (Å²) < 4.78 is 0. The summed E-state index contributed by atoms with van der Waals surface area (Å²) in [6.45, 7) is 6.13. The lowest BCUT2D eigenvalue weighted by Crippen LogP contribution is -2.70. The molecule has 1 aromatic carbocycles. The van der Waals surface area contributed by atoms with Gasteiger partial charge in [0.05, 0.1) is 6.07 Å². The van der Waals surface area contributed by atoms with E-state index in [0.717, 1.165) is 56.9 Å². The topological polar surface area (TPSA) is 109 Å². The molecule has 0 bridgehead atoms. The number of nitrogens with one attached hydrogen (secondary N) is 2. The van der Waals surface area contributed by atoms with E-state index in [4.69, 9.17) is 0 Å². The molecule has 0 saturated carbocycles. The molecule has 4 aliphatic heterocycles. The van der Waals surface area contributed by atoms with Gasteiger partial charge in [-0.25, -0.2) is 0 Å². The van der Waals surface area contributed by atoms with Gasteiger partial charge in [0.25, 0.3) is 5.91 Å². The summed E-state index contributed by atoms with van der Waals surface area (Å²) in [5.74, 6) is -0.793. The third-order valence-corrected chi connectivity index (χ3v) is 7.02. The lowest BCUT2D eigenvalue weighted by molar-refractivity contribution is -0.136. The summed E-state index contributed by atoms with van der Waals surface area (Å²) in [5, 5.41) is 15.1. The van der Waals surface area contributed by atoms with E-state index in [-0.39, 0.29) is 29.7 Å². The largest absolute Gasteiger partial charge is 0.322 e. The number of carbonyl (C=O) groups is 3. The van der Waals surface area contributed by atoms with Crippen LogP contribution in [0, 0.1) is 11.3 Å². The van der Waals surface area contributed by atoms with Gasteiger partial charge in [0.1, 0.15) is 11.6 Å². The molecule has 162 valence electrons. The molecule has 3 saturated heterocycles. The first-order valence-electron chi connectivity index (χ1n) is 10.8. The second-order valence-corrected chi connectivity index (χ2v) is 8.90. The predicted molar refractivity (Wildman–Crippen MR) is 111 cm³/mol. The normalized spacial score (nSPS) is 26.2. The minimum absolute atomic E-state index is 0.135. The van der Waals surface area contributed by atoms with Crippen molar-refractivity contribution in [3.63, 3.8) is 0 Å². The Morgan fingerprint density at radius 3 is 2.55 bits per heavy atom. The number of carbonyl (C=O) groups excluding carboxylic acids is 3. The van der Waals surface area contributed by atoms with Crippen LogP contribution in [0.4, 0.5) is 0 Å². The highest BCUT2D eigenvalue weighted by Crippen LogP contribution is 2.29. The molecule has 1 atom stereocenters. The van der Waals surface area contributed by atoms with Gasteiger partial charge in [-0.15, -0.1) is 0 Å².